The molecule has 0 N–H and O–H groups in total. The Bertz CT molecular complexity index is 260. The molecular formula is C28H58S. The van der Waals surface area contributed by atoms with Crippen LogP contribution >= 0.6 is 11.8 Å². The summed E-state index contributed by atoms with van der Waals surface area (Å²) in [5.74, 6) is 0. The standard InChI is InChI=1S/C28H58S/c1-5-9-13-17-21-25-27(23-19-15-11-7-3)29-28(24-20-16-12-8-4)26-22-18-14-10-6-2/h27-28H,5-26H2,1-4H3. The third kappa shape index (κ3) is 21.4. The lowest BCUT2D eigenvalue weighted by molar-refractivity contribution is 0.540. The molecule has 0 heterocycles. The van der Waals surface area contributed by atoms with E-state index in [9.17, 15) is 0 Å². The molecule has 0 fully saturated rings. The van der Waals surface area contributed by atoms with E-state index in [4.69, 9.17) is 0 Å². The van der Waals surface area contributed by atoms with Gasteiger partial charge in [0.1, 0.15) is 0 Å². The van der Waals surface area contributed by atoms with E-state index < -0.39 is 0 Å². The number of thioether (sulfide) groups is 1. The van der Waals surface area contributed by atoms with Gasteiger partial charge < -0.3 is 0 Å². The highest BCUT2D eigenvalue weighted by atomic mass is 32.2. The molecule has 0 aliphatic rings. The first kappa shape index (κ1) is 29.4. The summed E-state index contributed by atoms with van der Waals surface area (Å²) >= 11 is 2.43. The van der Waals surface area contributed by atoms with Crippen molar-refractivity contribution in [3.63, 3.8) is 0 Å². The Morgan fingerprint density at radius 1 is 0.345 bits per heavy atom. The molecule has 29 heavy (non-hydrogen) atoms. The molecule has 0 aliphatic carbocycles. The van der Waals surface area contributed by atoms with Gasteiger partial charge >= 0.3 is 0 Å². The summed E-state index contributed by atoms with van der Waals surface area (Å²) in [5, 5.41) is 1.89. The second-order valence-electron chi connectivity index (χ2n) is 9.48. The van der Waals surface area contributed by atoms with Crippen LogP contribution in [0.25, 0.3) is 0 Å². The minimum Gasteiger partial charge on any atom is -0.155 e. The summed E-state index contributed by atoms with van der Waals surface area (Å²) in [5.41, 5.74) is 0. The van der Waals surface area contributed by atoms with E-state index in [2.05, 4.69) is 39.5 Å². The van der Waals surface area contributed by atoms with Crippen LogP contribution in [0.3, 0.4) is 0 Å². The van der Waals surface area contributed by atoms with Crippen molar-refractivity contribution in [1.82, 2.24) is 0 Å². The molecule has 0 rings (SSSR count). The predicted octanol–water partition coefficient (Wildman–Crippen LogP) is 11.1. The molecule has 0 amide bonds. The van der Waals surface area contributed by atoms with Gasteiger partial charge in [0.15, 0.2) is 0 Å². The molecule has 0 spiro atoms. The van der Waals surface area contributed by atoms with E-state index in [-0.39, 0.29) is 0 Å². The van der Waals surface area contributed by atoms with Crippen LogP contribution in [0.15, 0.2) is 0 Å². The Morgan fingerprint density at radius 2 is 0.586 bits per heavy atom. The quantitative estimate of drug-likeness (QED) is 0.138. The fourth-order valence-corrected chi connectivity index (χ4v) is 6.14. The summed E-state index contributed by atoms with van der Waals surface area (Å²) in [6.07, 6.45) is 31.8. The molecule has 0 aliphatic heterocycles. The highest BCUT2D eigenvalue weighted by Gasteiger charge is 2.17. The van der Waals surface area contributed by atoms with Gasteiger partial charge in [-0.15, -0.1) is 0 Å². The second kappa shape index (κ2) is 24.6. The fraction of sp³-hybridized carbons (Fsp3) is 1.00. The van der Waals surface area contributed by atoms with Crippen LogP contribution in [0, 0.1) is 0 Å². The van der Waals surface area contributed by atoms with Crippen molar-refractivity contribution in [2.75, 3.05) is 0 Å². The van der Waals surface area contributed by atoms with E-state index in [1.807, 2.05) is 0 Å². The van der Waals surface area contributed by atoms with Crippen LogP contribution in [0.4, 0.5) is 0 Å². The molecular weight excluding hydrogens is 368 g/mol. The van der Waals surface area contributed by atoms with E-state index in [1.165, 1.54) is 141 Å². The lowest BCUT2D eigenvalue weighted by Gasteiger charge is -2.24. The molecule has 0 saturated carbocycles. The zero-order chi connectivity index (χ0) is 21.4. The Labute approximate surface area is 191 Å². The third-order valence-electron chi connectivity index (χ3n) is 6.40. The maximum absolute atomic E-state index is 2.43. The predicted molar refractivity (Wildman–Crippen MR) is 139 cm³/mol. The average Bonchev–Trinajstić information content (AvgIpc) is 2.73. The summed E-state index contributed by atoms with van der Waals surface area (Å²) in [6.45, 7) is 9.34. The van der Waals surface area contributed by atoms with Crippen molar-refractivity contribution < 1.29 is 0 Å². The van der Waals surface area contributed by atoms with Gasteiger partial charge in [0.05, 0.1) is 0 Å². The zero-order valence-corrected chi connectivity index (χ0v) is 21.9. The molecule has 176 valence electrons. The number of rotatable bonds is 24. The van der Waals surface area contributed by atoms with Gasteiger partial charge in [0.25, 0.3) is 0 Å². The SMILES string of the molecule is CCCCCCCC(CCCCCC)SC(CCCCCC)CCCCCCC. The van der Waals surface area contributed by atoms with E-state index >= 15 is 0 Å². The Kier molecular flexibility index (Phi) is 24.9. The zero-order valence-electron chi connectivity index (χ0n) is 21.1. The Morgan fingerprint density at radius 3 is 0.862 bits per heavy atom. The Balaban J connectivity index is 4.46. The van der Waals surface area contributed by atoms with Crippen LogP contribution in [-0.4, -0.2) is 10.5 Å². The maximum atomic E-state index is 2.43. The van der Waals surface area contributed by atoms with Crippen LogP contribution < -0.4 is 0 Å². The van der Waals surface area contributed by atoms with Gasteiger partial charge in [0.2, 0.25) is 0 Å². The lowest BCUT2D eigenvalue weighted by atomic mass is 10.0. The monoisotopic (exact) mass is 426 g/mol. The summed E-state index contributed by atoms with van der Waals surface area (Å²) in [4.78, 5) is 0. The minimum atomic E-state index is 0.945. The smallest absolute Gasteiger partial charge is 0.00498 e. The number of hydrogen-bond acceptors (Lipinski definition) is 1. The molecule has 1 heteroatoms. The molecule has 2 unspecified atom stereocenters. The van der Waals surface area contributed by atoms with Gasteiger partial charge in [-0.2, -0.15) is 11.8 Å². The van der Waals surface area contributed by atoms with Crippen molar-refractivity contribution in [2.45, 2.75) is 179 Å². The summed E-state index contributed by atoms with van der Waals surface area (Å²) < 4.78 is 0. The van der Waals surface area contributed by atoms with Gasteiger partial charge in [-0.25, -0.2) is 0 Å². The minimum absolute atomic E-state index is 0.945. The van der Waals surface area contributed by atoms with Crippen LogP contribution in [-0.2, 0) is 0 Å². The highest BCUT2D eigenvalue weighted by Crippen LogP contribution is 2.33. The van der Waals surface area contributed by atoms with Crippen molar-refractivity contribution in [3.8, 4) is 0 Å². The van der Waals surface area contributed by atoms with Gasteiger partial charge in [-0.3, -0.25) is 0 Å². The van der Waals surface area contributed by atoms with Gasteiger partial charge in [0, 0.05) is 10.5 Å². The van der Waals surface area contributed by atoms with Crippen LogP contribution in [0.1, 0.15) is 169 Å². The third-order valence-corrected chi connectivity index (χ3v) is 8.12. The van der Waals surface area contributed by atoms with Gasteiger partial charge in [-0.1, -0.05) is 143 Å². The molecule has 0 saturated heterocycles. The van der Waals surface area contributed by atoms with Crippen molar-refractivity contribution >= 4 is 11.8 Å². The molecule has 0 radical (unpaired) electrons. The van der Waals surface area contributed by atoms with E-state index in [0.29, 0.717) is 0 Å². The molecule has 0 bridgehead atoms. The van der Waals surface area contributed by atoms with Crippen molar-refractivity contribution in [1.29, 1.82) is 0 Å². The highest BCUT2D eigenvalue weighted by molar-refractivity contribution is 8.00. The summed E-state index contributed by atoms with van der Waals surface area (Å²) in [7, 11) is 0. The first-order valence-electron chi connectivity index (χ1n) is 13.9. The van der Waals surface area contributed by atoms with Crippen LogP contribution in [0.2, 0.25) is 0 Å². The fourth-order valence-electron chi connectivity index (χ4n) is 4.38. The number of unbranched alkanes of at least 4 members (excludes halogenated alkanes) is 14. The van der Waals surface area contributed by atoms with Crippen molar-refractivity contribution in [3.05, 3.63) is 0 Å². The molecule has 2 atom stereocenters. The summed E-state index contributed by atoms with van der Waals surface area (Å²) in [6, 6.07) is 0. The first-order valence-corrected chi connectivity index (χ1v) is 14.9. The largest absolute Gasteiger partial charge is 0.155 e. The van der Waals surface area contributed by atoms with Crippen molar-refractivity contribution in [2.24, 2.45) is 0 Å². The maximum Gasteiger partial charge on any atom is 0.00498 e. The van der Waals surface area contributed by atoms with E-state index in [1.54, 1.807) is 0 Å². The normalized spacial score (nSPS) is 13.7. The molecule has 0 aromatic carbocycles. The lowest BCUT2D eigenvalue weighted by Crippen LogP contribution is -2.12. The number of hydrogen-bond donors (Lipinski definition) is 0. The molecule has 0 aromatic rings. The molecule has 0 aromatic heterocycles. The van der Waals surface area contributed by atoms with E-state index in [0.717, 1.165) is 10.5 Å². The van der Waals surface area contributed by atoms with Crippen LogP contribution in [0.5, 0.6) is 0 Å². The topological polar surface area (TPSA) is 0 Å². The second-order valence-corrected chi connectivity index (χ2v) is 11.1. The molecule has 0 nitrogen and oxygen atoms in total. The average molecular weight is 427 g/mol. The van der Waals surface area contributed by atoms with Gasteiger partial charge in [-0.05, 0) is 25.7 Å². The Hall–Kier alpha value is 0.350. The first-order chi connectivity index (χ1) is 14.3.